The maximum atomic E-state index is 13.7. The fraction of sp³-hybridized carbons (Fsp3) is 0.143. The van der Waals surface area contributed by atoms with E-state index >= 15 is 0 Å². The standard InChI is InChI=1S/C28H24N4O4/c1-15-8-4-5-9-17(15)24-22-25(30(2)28(36)31(3)27(22)35)26-23(18-14-16(33)12-13-21(18)34)29-19-10-6-7-11-20(19)32(24)26/h4-14,23,29,33-34H,1-3H3. The minimum Gasteiger partial charge on any atom is -0.508 e. The number of aryl methyl sites for hydroxylation is 2. The van der Waals surface area contributed by atoms with Crippen molar-refractivity contribution in [1.29, 1.82) is 0 Å². The Bertz CT molecular complexity index is 1830. The third kappa shape index (κ3) is 2.87. The molecule has 0 saturated heterocycles. The Hall–Kier alpha value is -4.72. The lowest BCUT2D eigenvalue weighted by Crippen LogP contribution is -2.37. The van der Waals surface area contributed by atoms with Gasteiger partial charge in [-0.05, 0) is 42.8 Å². The lowest BCUT2D eigenvalue weighted by atomic mass is 9.98. The number of phenolic OH excluding ortho intramolecular Hbond substituents is 2. The minimum atomic E-state index is -0.662. The molecule has 1 aliphatic heterocycles. The Morgan fingerprint density at radius 3 is 2.39 bits per heavy atom. The Kier molecular flexibility index (Phi) is 4.63. The topological polar surface area (TPSA) is 101 Å². The van der Waals surface area contributed by atoms with Crippen molar-refractivity contribution in [3.63, 3.8) is 0 Å². The smallest absolute Gasteiger partial charge is 0.331 e. The lowest BCUT2D eigenvalue weighted by molar-refractivity contribution is 0.452. The van der Waals surface area contributed by atoms with E-state index in [4.69, 9.17) is 0 Å². The Labute approximate surface area is 205 Å². The molecular formula is C28H24N4O4. The number of benzene rings is 3. The highest BCUT2D eigenvalue weighted by atomic mass is 16.3. The van der Waals surface area contributed by atoms with Gasteiger partial charge < -0.3 is 20.1 Å². The average molecular weight is 481 g/mol. The second-order valence-corrected chi connectivity index (χ2v) is 9.15. The number of rotatable bonds is 2. The first kappa shape index (κ1) is 21.8. The van der Waals surface area contributed by atoms with Crippen LogP contribution in [0.15, 0.2) is 76.3 Å². The Morgan fingerprint density at radius 1 is 0.889 bits per heavy atom. The fourth-order valence-electron chi connectivity index (χ4n) is 5.32. The molecule has 3 N–H and O–H groups in total. The van der Waals surface area contributed by atoms with Crippen molar-refractivity contribution in [2.75, 3.05) is 5.32 Å². The quantitative estimate of drug-likeness (QED) is 0.333. The zero-order valence-electron chi connectivity index (χ0n) is 20.0. The number of fused-ring (bicyclic) bond motifs is 5. The van der Waals surface area contributed by atoms with Crippen molar-refractivity contribution < 1.29 is 10.2 Å². The molecular weight excluding hydrogens is 456 g/mol. The van der Waals surface area contributed by atoms with Gasteiger partial charge in [-0.2, -0.15) is 0 Å². The van der Waals surface area contributed by atoms with E-state index in [1.54, 1.807) is 7.05 Å². The zero-order chi connectivity index (χ0) is 25.3. The van der Waals surface area contributed by atoms with Crippen molar-refractivity contribution in [2.45, 2.75) is 13.0 Å². The van der Waals surface area contributed by atoms with Crippen molar-refractivity contribution >= 4 is 16.6 Å². The van der Waals surface area contributed by atoms with Gasteiger partial charge in [0.1, 0.15) is 11.5 Å². The van der Waals surface area contributed by atoms with Gasteiger partial charge in [-0.3, -0.25) is 13.9 Å². The van der Waals surface area contributed by atoms with E-state index in [2.05, 4.69) is 5.32 Å². The van der Waals surface area contributed by atoms with Crippen LogP contribution in [0.1, 0.15) is 22.9 Å². The summed E-state index contributed by atoms with van der Waals surface area (Å²) in [5.41, 5.74) is 4.78. The molecule has 3 heterocycles. The summed E-state index contributed by atoms with van der Waals surface area (Å²) in [4.78, 5) is 26.8. The van der Waals surface area contributed by atoms with Gasteiger partial charge in [0.25, 0.3) is 5.56 Å². The predicted octanol–water partition coefficient (Wildman–Crippen LogP) is 3.93. The highest BCUT2D eigenvalue weighted by Gasteiger charge is 2.36. The summed E-state index contributed by atoms with van der Waals surface area (Å²) in [6.07, 6.45) is 0. The Balaban J connectivity index is 1.90. The first-order valence-corrected chi connectivity index (χ1v) is 11.6. The zero-order valence-corrected chi connectivity index (χ0v) is 20.0. The number of phenols is 2. The molecule has 2 aromatic heterocycles. The maximum absolute atomic E-state index is 13.7. The minimum absolute atomic E-state index is 0.00481. The number of nitrogens with one attached hydrogen (secondary N) is 1. The summed E-state index contributed by atoms with van der Waals surface area (Å²) < 4.78 is 4.61. The monoisotopic (exact) mass is 480 g/mol. The van der Waals surface area contributed by atoms with Crippen molar-refractivity contribution in [2.24, 2.45) is 14.1 Å². The molecule has 180 valence electrons. The van der Waals surface area contributed by atoms with Crippen LogP contribution in [0.2, 0.25) is 0 Å². The molecule has 6 rings (SSSR count). The molecule has 8 nitrogen and oxygen atoms in total. The van der Waals surface area contributed by atoms with Crippen LogP contribution in [0.5, 0.6) is 11.5 Å². The molecule has 0 amide bonds. The van der Waals surface area contributed by atoms with E-state index in [0.29, 0.717) is 27.9 Å². The van der Waals surface area contributed by atoms with Gasteiger partial charge in [0.15, 0.2) is 0 Å². The summed E-state index contributed by atoms with van der Waals surface area (Å²) in [6, 6.07) is 19.2. The molecule has 0 saturated carbocycles. The maximum Gasteiger partial charge on any atom is 0.331 e. The first-order valence-electron chi connectivity index (χ1n) is 11.6. The highest BCUT2D eigenvalue weighted by molar-refractivity contribution is 6.00. The fourth-order valence-corrected chi connectivity index (χ4v) is 5.32. The number of para-hydroxylation sites is 2. The average Bonchev–Trinajstić information content (AvgIpc) is 3.24. The Morgan fingerprint density at radius 2 is 1.61 bits per heavy atom. The number of aromatic nitrogens is 3. The van der Waals surface area contributed by atoms with Gasteiger partial charge in [-0.1, -0.05) is 36.4 Å². The largest absolute Gasteiger partial charge is 0.508 e. The molecule has 5 aromatic rings. The van der Waals surface area contributed by atoms with E-state index in [1.807, 2.05) is 60.0 Å². The summed E-state index contributed by atoms with van der Waals surface area (Å²) in [6.45, 7) is 1.99. The normalized spacial score (nSPS) is 14.4. The summed E-state index contributed by atoms with van der Waals surface area (Å²) in [5, 5.41) is 25.0. The second-order valence-electron chi connectivity index (χ2n) is 9.15. The molecule has 36 heavy (non-hydrogen) atoms. The van der Waals surface area contributed by atoms with Gasteiger partial charge in [-0.15, -0.1) is 0 Å². The van der Waals surface area contributed by atoms with E-state index in [1.165, 1.54) is 29.8 Å². The molecule has 8 heteroatoms. The van der Waals surface area contributed by atoms with Gasteiger partial charge in [0.05, 0.1) is 39.7 Å². The van der Waals surface area contributed by atoms with Crippen LogP contribution in [-0.4, -0.2) is 23.9 Å². The molecule has 1 unspecified atom stereocenters. The van der Waals surface area contributed by atoms with Gasteiger partial charge in [0.2, 0.25) is 0 Å². The molecule has 0 radical (unpaired) electrons. The highest BCUT2D eigenvalue weighted by Crippen LogP contribution is 2.47. The van der Waals surface area contributed by atoms with Crippen molar-refractivity contribution in [3.05, 3.63) is 104 Å². The van der Waals surface area contributed by atoms with E-state index in [9.17, 15) is 19.8 Å². The first-order chi connectivity index (χ1) is 17.3. The molecule has 1 aliphatic rings. The van der Waals surface area contributed by atoms with Crippen LogP contribution in [0.25, 0.3) is 27.8 Å². The number of nitrogens with zero attached hydrogens (tertiary/aromatic N) is 3. The van der Waals surface area contributed by atoms with Gasteiger partial charge in [0, 0.05) is 25.2 Å². The third-order valence-corrected chi connectivity index (χ3v) is 7.05. The van der Waals surface area contributed by atoms with E-state index in [-0.39, 0.29) is 11.5 Å². The number of aromatic hydroxyl groups is 2. The summed E-state index contributed by atoms with van der Waals surface area (Å²) in [7, 11) is 3.12. The van der Waals surface area contributed by atoms with Gasteiger partial charge in [-0.25, -0.2) is 4.79 Å². The SMILES string of the molecule is Cc1ccccc1-c1c2c(=O)n(C)c(=O)n(C)c2c2n1-c1ccccc1NC2c1cc(O)ccc1O. The molecule has 0 bridgehead atoms. The molecule has 0 fully saturated rings. The van der Waals surface area contributed by atoms with Crippen molar-refractivity contribution in [1.82, 2.24) is 13.7 Å². The number of hydrogen-bond acceptors (Lipinski definition) is 5. The predicted molar refractivity (Wildman–Crippen MR) is 139 cm³/mol. The van der Waals surface area contributed by atoms with Crippen LogP contribution in [-0.2, 0) is 14.1 Å². The molecule has 0 spiro atoms. The van der Waals surface area contributed by atoms with Crippen LogP contribution >= 0.6 is 0 Å². The summed E-state index contributed by atoms with van der Waals surface area (Å²) in [5.74, 6) is -0.0216. The van der Waals surface area contributed by atoms with Gasteiger partial charge >= 0.3 is 5.69 Å². The number of anilines is 1. The lowest BCUT2D eigenvalue weighted by Gasteiger charge is -2.31. The van der Waals surface area contributed by atoms with Crippen LogP contribution in [0.3, 0.4) is 0 Å². The third-order valence-electron chi connectivity index (χ3n) is 7.05. The van der Waals surface area contributed by atoms with Crippen LogP contribution in [0.4, 0.5) is 5.69 Å². The second kappa shape index (κ2) is 7.64. The number of hydrogen-bond donors (Lipinski definition) is 3. The van der Waals surface area contributed by atoms with E-state index < -0.39 is 17.3 Å². The molecule has 0 aliphatic carbocycles. The van der Waals surface area contributed by atoms with Crippen LogP contribution in [0, 0.1) is 6.92 Å². The molecule has 3 aromatic carbocycles. The molecule has 1 atom stereocenters. The van der Waals surface area contributed by atoms with E-state index in [0.717, 1.165) is 27.1 Å². The van der Waals surface area contributed by atoms with Crippen molar-refractivity contribution in [3.8, 4) is 28.4 Å². The van der Waals surface area contributed by atoms with Crippen LogP contribution < -0.4 is 16.6 Å². The summed E-state index contributed by atoms with van der Waals surface area (Å²) >= 11 is 0.